The molecule has 172 valence electrons. The molecule has 0 bridgehead atoms. The van der Waals surface area contributed by atoms with Crippen LogP contribution in [0.3, 0.4) is 0 Å². The number of aromatic nitrogens is 2. The maximum Gasteiger partial charge on any atom is 1.00 e. The normalized spacial score (nSPS) is 11.4. The maximum atomic E-state index is 13.1. The van der Waals surface area contributed by atoms with Gasteiger partial charge < -0.3 is 5.99 Å². The minimum absolute atomic E-state index is 0. The van der Waals surface area contributed by atoms with Crippen molar-refractivity contribution in [2.75, 3.05) is 0 Å². The molecule has 0 radical (unpaired) electrons. The van der Waals surface area contributed by atoms with E-state index >= 15 is 0 Å². The average molecular weight is 514 g/mol. The first kappa shape index (κ1) is 25.4. The van der Waals surface area contributed by atoms with Gasteiger partial charge in [0.25, 0.3) is 15.9 Å². The minimum atomic E-state index is -4.09. The summed E-state index contributed by atoms with van der Waals surface area (Å²) < 4.78 is 30.3. The number of carbonyl (C=O) groups is 1. The standard InChI is InChI=1S/C26H20ClN3O3S.Na.H/c1-17-28-23-14-13-19(15-24(23)30(17)16-20-8-3-5-11-22(20)27)26(31)29-34(32,33)25-12-6-9-18-7-2-4-10-21(18)25;;/h2-15H,16H2,1H3,(H,29,31);;/q;+1;-1. The molecule has 0 unspecified atom stereocenters. The van der Waals surface area contributed by atoms with Gasteiger partial charge in [0.05, 0.1) is 22.5 Å². The quantitative estimate of drug-likeness (QED) is 0.366. The van der Waals surface area contributed by atoms with E-state index in [1.807, 2.05) is 54.0 Å². The molecule has 4 aromatic carbocycles. The fourth-order valence-electron chi connectivity index (χ4n) is 4.05. The summed E-state index contributed by atoms with van der Waals surface area (Å²) in [4.78, 5) is 17.6. The molecule has 5 rings (SSSR count). The second-order valence-corrected chi connectivity index (χ2v) is 10.0. The van der Waals surface area contributed by atoms with Crippen molar-refractivity contribution in [1.82, 2.24) is 14.3 Å². The first-order valence-electron chi connectivity index (χ1n) is 10.6. The van der Waals surface area contributed by atoms with Crippen LogP contribution in [0.4, 0.5) is 0 Å². The van der Waals surface area contributed by atoms with Crippen LogP contribution in [0.1, 0.15) is 23.2 Å². The third-order valence-electron chi connectivity index (χ3n) is 5.75. The van der Waals surface area contributed by atoms with Gasteiger partial charge >= 0.3 is 29.6 Å². The zero-order valence-corrected chi connectivity index (χ0v) is 22.8. The van der Waals surface area contributed by atoms with Gasteiger partial charge in [-0.1, -0.05) is 66.2 Å². The first-order valence-corrected chi connectivity index (χ1v) is 12.4. The van der Waals surface area contributed by atoms with E-state index in [4.69, 9.17) is 11.6 Å². The molecule has 6 nitrogen and oxygen atoms in total. The van der Waals surface area contributed by atoms with Crippen LogP contribution in [0, 0.1) is 6.92 Å². The minimum Gasteiger partial charge on any atom is -1.00 e. The van der Waals surface area contributed by atoms with Gasteiger partial charge in [-0.05, 0) is 48.2 Å². The molecule has 0 atom stereocenters. The van der Waals surface area contributed by atoms with Gasteiger partial charge in [-0.25, -0.2) is 18.1 Å². The van der Waals surface area contributed by atoms with Crippen LogP contribution in [0.5, 0.6) is 0 Å². The van der Waals surface area contributed by atoms with E-state index in [0.717, 1.165) is 16.8 Å². The van der Waals surface area contributed by atoms with E-state index in [2.05, 4.69) is 9.71 Å². The fourth-order valence-corrected chi connectivity index (χ4v) is 5.45. The Morgan fingerprint density at radius 3 is 2.51 bits per heavy atom. The summed E-state index contributed by atoms with van der Waals surface area (Å²) in [6.07, 6.45) is 0. The topological polar surface area (TPSA) is 81.1 Å². The molecule has 0 aliphatic carbocycles. The molecule has 0 spiro atoms. The molecule has 0 saturated carbocycles. The number of rotatable bonds is 5. The van der Waals surface area contributed by atoms with E-state index in [1.165, 1.54) is 6.07 Å². The molecular weight excluding hydrogens is 493 g/mol. The van der Waals surface area contributed by atoms with Crippen LogP contribution in [0.15, 0.2) is 89.8 Å². The zero-order chi connectivity index (χ0) is 23.9. The smallest absolute Gasteiger partial charge is 1.00 e. The van der Waals surface area contributed by atoms with Crippen molar-refractivity contribution >= 4 is 49.3 Å². The largest absolute Gasteiger partial charge is 1.00 e. The van der Waals surface area contributed by atoms with Crippen LogP contribution in [-0.2, 0) is 16.6 Å². The van der Waals surface area contributed by atoms with Gasteiger partial charge in [0.15, 0.2) is 0 Å². The average Bonchev–Trinajstić information content (AvgIpc) is 3.14. The number of aryl methyl sites for hydroxylation is 1. The number of hydrogen-bond acceptors (Lipinski definition) is 4. The molecule has 1 heterocycles. The maximum absolute atomic E-state index is 13.1. The third-order valence-corrected chi connectivity index (χ3v) is 7.51. The van der Waals surface area contributed by atoms with E-state index in [0.29, 0.717) is 28.0 Å². The summed E-state index contributed by atoms with van der Waals surface area (Å²) in [5.41, 5.74) is 2.56. The van der Waals surface area contributed by atoms with Crippen molar-refractivity contribution < 1.29 is 44.2 Å². The van der Waals surface area contributed by atoms with Crippen LogP contribution >= 0.6 is 11.6 Å². The van der Waals surface area contributed by atoms with Gasteiger partial charge in [-0.3, -0.25) is 4.79 Å². The molecule has 1 aromatic heterocycles. The Bertz CT molecular complexity index is 1680. The number of fused-ring (bicyclic) bond motifs is 2. The predicted octanol–water partition coefficient (Wildman–Crippen LogP) is 2.43. The van der Waals surface area contributed by atoms with Crippen molar-refractivity contribution in [2.45, 2.75) is 18.4 Å². The zero-order valence-electron chi connectivity index (χ0n) is 20.2. The van der Waals surface area contributed by atoms with Crippen LogP contribution in [0.25, 0.3) is 21.8 Å². The van der Waals surface area contributed by atoms with Crippen molar-refractivity contribution in [3.05, 3.63) is 107 Å². The van der Waals surface area contributed by atoms with Gasteiger partial charge in [0.1, 0.15) is 5.82 Å². The van der Waals surface area contributed by atoms with E-state index in [-0.39, 0.29) is 41.4 Å². The second-order valence-electron chi connectivity index (χ2n) is 7.95. The van der Waals surface area contributed by atoms with Crippen molar-refractivity contribution in [1.29, 1.82) is 0 Å². The molecule has 1 amide bonds. The fraction of sp³-hybridized carbons (Fsp3) is 0.0769. The molecule has 0 saturated heterocycles. The predicted molar refractivity (Wildman–Crippen MR) is 135 cm³/mol. The number of amides is 1. The summed E-state index contributed by atoms with van der Waals surface area (Å²) >= 11 is 6.33. The molecule has 5 aromatic rings. The molecular formula is C26H21ClN3NaO3S. The van der Waals surface area contributed by atoms with Crippen LogP contribution < -0.4 is 34.3 Å². The van der Waals surface area contributed by atoms with E-state index < -0.39 is 15.9 Å². The van der Waals surface area contributed by atoms with E-state index in [1.54, 1.807) is 36.4 Å². The monoisotopic (exact) mass is 513 g/mol. The Labute approximate surface area is 231 Å². The first-order chi connectivity index (χ1) is 16.3. The van der Waals surface area contributed by atoms with Crippen LogP contribution in [0.2, 0.25) is 5.02 Å². The summed E-state index contributed by atoms with van der Waals surface area (Å²) in [7, 11) is -4.09. The Balaban J connectivity index is 0.00000180. The number of hydrogen-bond donors (Lipinski definition) is 1. The Hall–Kier alpha value is -2.68. The van der Waals surface area contributed by atoms with Crippen LogP contribution in [-0.4, -0.2) is 23.9 Å². The summed E-state index contributed by atoms with van der Waals surface area (Å²) in [5.74, 6) is 0.0498. The third kappa shape index (κ3) is 5.01. The van der Waals surface area contributed by atoms with Gasteiger partial charge in [-0.2, -0.15) is 0 Å². The number of nitrogens with one attached hydrogen (secondary N) is 1. The van der Waals surface area contributed by atoms with Crippen molar-refractivity contribution in [2.24, 2.45) is 0 Å². The number of halogens is 1. The Morgan fingerprint density at radius 2 is 1.71 bits per heavy atom. The van der Waals surface area contributed by atoms with Crippen molar-refractivity contribution in [3.8, 4) is 0 Å². The number of carbonyl (C=O) groups excluding carboxylic acids is 1. The number of benzene rings is 4. The summed E-state index contributed by atoms with van der Waals surface area (Å²) in [6.45, 7) is 2.35. The summed E-state index contributed by atoms with van der Waals surface area (Å²) in [6, 6.07) is 24.6. The Kier molecular flexibility index (Phi) is 7.35. The van der Waals surface area contributed by atoms with Gasteiger partial charge in [0, 0.05) is 16.0 Å². The van der Waals surface area contributed by atoms with Gasteiger partial charge in [-0.15, -0.1) is 0 Å². The molecule has 0 aliphatic heterocycles. The number of imidazole rings is 1. The molecule has 1 N–H and O–H groups in total. The number of nitrogens with zero attached hydrogens (tertiary/aromatic N) is 2. The summed E-state index contributed by atoms with van der Waals surface area (Å²) in [5, 5.41) is 1.96. The second kappa shape index (κ2) is 10.1. The van der Waals surface area contributed by atoms with Gasteiger partial charge in [0.2, 0.25) is 0 Å². The SMILES string of the molecule is Cc1nc2ccc(C(=O)NS(=O)(=O)c3cccc4ccccc34)cc2n1Cc1ccccc1Cl.[H-].[Na+]. The molecule has 0 aliphatic rings. The Morgan fingerprint density at radius 1 is 1.00 bits per heavy atom. The van der Waals surface area contributed by atoms with E-state index in [9.17, 15) is 13.2 Å². The molecule has 35 heavy (non-hydrogen) atoms. The van der Waals surface area contributed by atoms with Crippen molar-refractivity contribution in [3.63, 3.8) is 0 Å². The molecule has 0 fully saturated rings. The molecule has 9 heteroatoms. The number of sulfonamides is 1.